The SMILES string of the molecule is CCSCCCC(CNC(C)C)c1cccc(Br)c1. The quantitative estimate of drug-likeness (QED) is 0.628. The van der Waals surface area contributed by atoms with E-state index < -0.39 is 0 Å². The van der Waals surface area contributed by atoms with Crippen LogP contribution in [0.4, 0.5) is 0 Å². The Morgan fingerprint density at radius 3 is 2.74 bits per heavy atom. The predicted molar refractivity (Wildman–Crippen MR) is 92.3 cm³/mol. The second-order valence-electron chi connectivity index (χ2n) is 5.15. The van der Waals surface area contributed by atoms with Gasteiger partial charge in [-0.15, -0.1) is 0 Å². The fourth-order valence-electron chi connectivity index (χ4n) is 2.10. The smallest absolute Gasteiger partial charge is 0.0178 e. The van der Waals surface area contributed by atoms with Gasteiger partial charge in [0.1, 0.15) is 0 Å². The van der Waals surface area contributed by atoms with E-state index in [-0.39, 0.29) is 0 Å². The standard InChI is InChI=1S/C16H26BrNS/c1-4-19-10-6-8-15(12-18-13(2)3)14-7-5-9-16(17)11-14/h5,7,9,11,13,15,18H,4,6,8,10,12H2,1-3H3. The first kappa shape index (κ1) is 17.1. The highest BCUT2D eigenvalue weighted by atomic mass is 79.9. The summed E-state index contributed by atoms with van der Waals surface area (Å²) in [6.07, 6.45) is 2.57. The Balaban J connectivity index is 2.57. The van der Waals surface area contributed by atoms with Crippen LogP contribution >= 0.6 is 27.7 Å². The minimum atomic E-state index is 0.555. The van der Waals surface area contributed by atoms with E-state index in [4.69, 9.17) is 0 Å². The van der Waals surface area contributed by atoms with Gasteiger partial charge in [0.05, 0.1) is 0 Å². The van der Waals surface area contributed by atoms with E-state index in [0.717, 1.165) is 6.54 Å². The number of hydrogen-bond acceptors (Lipinski definition) is 2. The van der Waals surface area contributed by atoms with Crippen molar-refractivity contribution in [1.82, 2.24) is 5.32 Å². The first-order valence-corrected chi connectivity index (χ1v) is 9.14. The highest BCUT2D eigenvalue weighted by Gasteiger charge is 2.12. The molecule has 0 radical (unpaired) electrons. The molecule has 1 N–H and O–H groups in total. The zero-order valence-electron chi connectivity index (χ0n) is 12.3. The molecule has 1 nitrogen and oxygen atoms in total. The summed E-state index contributed by atoms with van der Waals surface area (Å²) in [6.45, 7) is 7.73. The third-order valence-corrected chi connectivity index (χ3v) is 4.62. The van der Waals surface area contributed by atoms with Gasteiger partial charge in [-0.25, -0.2) is 0 Å². The van der Waals surface area contributed by atoms with Crippen molar-refractivity contribution in [2.24, 2.45) is 0 Å². The van der Waals surface area contributed by atoms with Crippen molar-refractivity contribution in [2.45, 2.75) is 45.6 Å². The van der Waals surface area contributed by atoms with E-state index in [1.807, 2.05) is 11.8 Å². The Hall–Kier alpha value is 0.01000. The van der Waals surface area contributed by atoms with E-state index in [9.17, 15) is 0 Å². The van der Waals surface area contributed by atoms with E-state index in [2.05, 4.69) is 66.3 Å². The van der Waals surface area contributed by atoms with Gasteiger partial charge in [-0.2, -0.15) is 11.8 Å². The van der Waals surface area contributed by atoms with Crippen LogP contribution in [0, 0.1) is 0 Å². The number of thioether (sulfide) groups is 1. The summed E-state index contributed by atoms with van der Waals surface area (Å²) in [5.74, 6) is 3.13. The maximum absolute atomic E-state index is 3.58. The van der Waals surface area contributed by atoms with Crippen molar-refractivity contribution < 1.29 is 0 Å². The first-order chi connectivity index (χ1) is 9.13. The fraction of sp³-hybridized carbons (Fsp3) is 0.625. The second-order valence-corrected chi connectivity index (χ2v) is 7.46. The molecular weight excluding hydrogens is 318 g/mol. The first-order valence-electron chi connectivity index (χ1n) is 7.20. The Kier molecular flexibility index (Phi) is 8.84. The van der Waals surface area contributed by atoms with Crippen molar-refractivity contribution >= 4 is 27.7 Å². The summed E-state index contributed by atoms with van der Waals surface area (Å²) < 4.78 is 1.18. The topological polar surface area (TPSA) is 12.0 Å². The van der Waals surface area contributed by atoms with Crippen LogP contribution in [0.1, 0.15) is 45.1 Å². The molecule has 1 rings (SSSR count). The highest BCUT2D eigenvalue weighted by Crippen LogP contribution is 2.24. The van der Waals surface area contributed by atoms with E-state index in [1.165, 1.54) is 34.4 Å². The molecule has 0 bridgehead atoms. The highest BCUT2D eigenvalue weighted by molar-refractivity contribution is 9.10. The van der Waals surface area contributed by atoms with Crippen molar-refractivity contribution in [3.8, 4) is 0 Å². The zero-order valence-corrected chi connectivity index (χ0v) is 14.7. The molecule has 1 aromatic carbocycles. The summed E-state index contributed by atoms with van der Waals surface area (Å²) in [7, 11) is 0. The van der Waals surface area contributed by atoms with Crippen LogP contribution in [0.25, 0.3) is 0 Å². The molecule has 0 saturated carbocycles. The number of rotatable bonds is 9. The Labute approximate surface area is 131 Å². The van der Waals surface area contributed by atoms with Crippen LogP contribution in [-0.2, 0) is 0 Å². The molecule has 0 fully saturated rings. The third-order valence-electron chi connectivity index (χ3n) is 3.14. The molecule has 0 spiro atoms. The predicted octanol–water partition coefficient (Wildman–Crippen LogP) is 5.06. The van der Waals surface area contributed by atoms with Gasteiger partial charge in [0.2, 0.25) is 0 Å². The van der Waals surface area contributed by atoms with Crippen LogP contribution in [0.15, 0.2) is 28.7 Å². The lowest BCUT2D eigenvalue weighted by Gasteiger charge is -2.20. The minimum Gasteiger partial charge on any atom is -0.314 e. The lowest BCUT2D eigenvalue weighted by Crippen LogP contribution is -2.28. The van der Waals surface area contributed by atoms with Crippen molar-refractivity contribution in [2.75, 3.05) is 18.1 Å². The molecule has 19 heavy (non-hydrogen) atoms. The van der Waals surface area contributed by atoms with Gasteiger partial charge >= 0.3 is 0 Å². The molecule has 1 aromatic rings. The molecule has 0 aliphatic rings. The monoisotopic (exact) mass is 343 g/mol. The maximum atomic E-state index is 3.58. The summed E-state index contributed by atoms with van der Waals surface area (Å²) in [5.41, 5.74) is 1.45. The van der Waals surface area contributed by atoms with Crippen molar-refractivity contribution in [3.63, 3.8) is 0 Å². The largest absolute Gasteiger partial charge is 0.314 e. The molecular formula is C16H26BrNS. The molecule has 0 aliphatic heterocycles. The molecule has 1 atom stereocenters. The van der Waals surface area contributed by atoms with Crippen molar-refractivity contribution in [1.29, 1.82) is 0 Å². The average molecular weight is 344 g/mol. The second kappa shape index (κ2) is 9.84. The van der Waals surface area contributed by atoms with Crippen LogP contribution in [-0.4, -0.2) is 24.1 Å². The van der Waals surface area contributed by atoms with Crippen LogP contribution in [0.3, 0.4) is 0 Å². The van der Waals surface area contributed by atoms with E-state index in [0.29, 0.717) is 12.0 Å². The van der Waals surface area contributed by atoms with Gasteiger partial charge in [0, 0.05) is 17.1 Å². The molecule has 108 valence electrons. The van der Waals surface area contributed by atoms with Crippen molar-refractivity contribution in [3.05, 3.63) is 34.3 Å². The normalized spacial score (nSPS) is 12.9. The van der Waals surface area contributed by atoms with Gasteiger partial charge in [0.25, 0.3) is 0 Å². The number of halogens is 1. The number of benzene rings is 1. The zero-order chi connectivity index (χ0) is 14.1. The Morgan fingerprint density at radius 1 is 1.32 bits per heavy atom. The molecule has 0 heterocycles. The fourth-order valence-corrected chi connectivity index (χ4v) is 3.18. The molecule has 0 aromatic heterocycles. The Morgan fingerprint density at radius 2 is 2.11 bits per heavy atom. The number of hydrogen-bond donors (Lipinski definition) is 1. The van der Waals surface area contributed by atoms with Gasteiger partial charge in [-0.3, -0.25) is 0 Å². The van der Waals surface area contributed by atoms with E-state index in [1.54, 1.807) is 0 Å². The molecule has 0 amide bonds. The molecule has 0 saturated heterocycles. The van der Waals surface area contributed by atoms with Crippen LogP contribution in [0.2, 0.25) is 0 Å². The molecule has 1 unspecified atom stereocenters. The summed E-state index contributed by atoms with van der Waals surface area (Å²) >= 11 is 5.62. The Bertz CT molecular complexity index is 354. The van der Waals surface area contributed by atoms with Crippen LogP contribution < -0.4 is 5.32 Å². The molecule has 0 aliphatic carbocycles. The molecule has 3 heteroatoms. The third kappa shape index (κ3) is 7.38. The summed E-state index contributed by atoms with van der Waals surface area (Å²) in [6, 6.07) is 9.32. The lowest BCUT2D eigenvalue weighted by molar-refractivity contribution is 0.505. The average Bonchev–Trinajstić information content (AvgIpc) is 2.37. The van der Waals surface area contributed by atoms with Crippen LogP contribution in [0.5, 0.6) is 0 Å². The summed E-state index contributed by atoms with van der Waals surface area (Å²) in [4.78, 5) is 0. The number of nitrogens with one attached hydrogen (secondary N) is 1. The lowest BCUT2D eigenvalue weighted by atomic mass is 9.94. The van der Waals surface area contributed by atoms with Gasteiger partial charge in [-0.1, -0.05) is 48.8 Å². The van der Waals surface area contributed by atoms with E-state index >= 15 is 0 Å². The maximum Gasteiger partial charge on any atom is 0.0178 e. The summed E-state index contributed by atoms with van der Waals surface area (Å²) in [5, 5.41) is 3.58. The van der Waals surface area contributed by atoms with Gasteiger partial charge in [0.15, 0.2) is 0 Å². The van der Waals surface area contributed by atoms with Gasteiger partial charge in [-0.05, 0) is 48.0 Å². The van der Waals surface area contributed by atoms with Gasteiger partial charge < -0.3 is 5.32 Å². The minimum absolute atomic E-state index is 0.555.